The Kier molecular flexibility index (Phi) is 3.90. The van der Waals surface area contributed by atoms with Gasteiger partial charge in [0.05, 0.1) is 32.2 Å². The predicted molar refractivity (Wildman–Crippen MR) is 59.7 cm³/mol. The molecule has 0 aromatic carbocycles. The Morgan fingerprint density at radius 3 is 3.00 bits per heavy atom. The van der Waals surface area contributed by atoms with Gasteiger partial charge in [-0.25, -0.2) is 9.97 Å². The third kappa shape index (κ3) is 3.04. The summed E-state index contributed by atoms with van der Waals surface area (Å²) in [6.45, 7) is 3.26. The molecule has 0 radical (unpaired) electrons. The first kappa shape index (κ1) is 11.1. The molecule has 1 saturated heterocycles. The molecule has 1 aliphatic rings. The Labute approximate surface area is 94.4 Å². The lowest BCUT2D eigenvalue weighted by Crippen LogP contribution is -2.42. The first-order valence-electron chi connectivity index (χ1n) is 5.30. The van der Waals surface area contributed by atoms with Crippen molar-refractivity contribution in [2.45, 2.75) is 6.10 Å². The third-order valence-electron chi connectivity index (χ3n) is 2.36. The van der Waals surface area contributed by atoms with Crippen molar-refractivity contribution in [3.8, 4) is 5.75 Å². The van der Waals surface area contributed by atoms with Crippen molar-refractivity contribution in [3.05, 3.63) is 12.4 Å². The summed E-state index contributed by atoms with van der Waals surface area (Å²) in [4.78, 5) is 8.22. The van der Waals surface area contributed by atoms with E-state index in [9.17, 15) is 0 Å². The van der Waals surface area contributed by atoms with Crippen molar-refractivity contribution in [2.24, 2.45) is 0 Å². The Morgan fingerprint density at radius 2 is 2.38 bits per heavy atom. The lowest BCUT2D eigenvalue weighted by atomic mass is 10.3. The monoisotopic (exact) mass is 224 g/mol. The Bertz CT molecular complexity index is 311. The van der Waals surface area contributed by atoms with Gasteiger partial charge >= 0.3 is 0 Å². The van der Waals surface area contributed by atoms with Gasteiger partial charge in [0, 0.05) is 19.6 Å². The molecule has 0 amide bonds. The summed E-state index contributed by atoms with van der Waals surface area (Å²) in [5.41, 5.74) is 0. The van der Waals surface area contributed by atoms with Crippen LogP contribution in [-0.2, 0) is 4.74 Å². The number of nitrogens with zero attached hydrogens (tertiary/aromatic N) is 2. The van der Waals surface area contributed by atoms with Gasteiger partial charge in [-0.2, -0.15) is 0 Å². The molecular weight excluding hydrogens is 208 g/mol. The summed E-state index contributed by atoms with van der Waals surface area (Å²) >= 11 is 0. The lowest BCUT2D eigenvalue weighted by Gasteiger charge is -2.23. The number of ether oxygens (including phenoxy) is 2. The molecule has 6 nitrogen and oxygen atoms in total. The fourth-order valence-electron chi connectivity index (χ4n) is 1.47. The van der Waals surface area contributed by atoms with Gasteiger partial charge in [0.1, 0.15) is 0 Å². The number of aromatic nitrogens is 2. The van der Waals surface area contributed by atoms with Crippen LogP contribution in [0.4, 0.5) is 5.95 Å². The largest absolute Gasteiger partial charge is 0.494 e. The van der Waals surface area contributed by atoms with E-state index in [4.69, 9.17) is 9.47 Å². The number of hydrogen-bond donors (Lipinski definition) is 2. The van der Waals surface area contributed by atoms with Gasteiger partial charge in [-0.15, -0.1) is 0 Å². The number of methoxy groups -OCH3 is 1. The molecule has 16 heavy (non-hydrogen) atoms. The first-order chi connectivity index (χ1) is 7.88. The van der Waals surface area contributed by atoms with Crippen molar-refractivity contribution in [2.75, 3.05) is 38.7 Å². The fraction of sp³-hybridized carbons (Fsp3) is 0.600. The second-order valence-corrected chi connectivity index (χ2v) is 3.52. The molecule has 2 rings (SSSR count). The summed E-state index contributed by atoms with van der Waals surface area (Å²) in [5.74, 6) is 1.25. The molecule has 0 bridgehead atoms. The van der Waals surface area contributed by atoms with Gasteiger partial charge in [-0.05, 0) is 0 Å². The van der Waals surface area contributed by atoms with Crippen molar-refractivity contribution in [3.63, 3.8) is 0 Å². The van der Waals surface area contributed by atoms with Gasteiger partial charge in [0.25, 0.3) is 0 Å². The van der Waals surface area contributed by atoms with Crippen LogP contribution in [-0.4, -0.2) is 49.4 Å². The first-order valence-corrected chi connectivity index (χ1v) is 5.30. The van der Waals surface area contributed by atoms with Crippen LogP contribution in [0.5, 0.6) is 5.75 Å². The lowest BCUT2D eigenvalue weighted by molar-refractivity contribution is 0.0371. The van der Waals surface area contributed by atoms with E-state index in [1.807, 2.05) is 0 Å². The van der Waals surface area contributed by atoms with E-state index in [1.165, 1.54) is 0 Å². The van der Waals surface area contributed by atoms with Gasteiger partial charge < -0.3 is 20.1 Å². The van der Waals surface area contributed by atoms with Crippen LogP contribution in [0, 0.1) is 0 Å². The number of anilines is 1. The number of morpholine rings is 1. The number of nitrogens with one attached hydrogen (secondary N) is 2. The van der Waals surface area contributed by atoms with Crippen LogP contribution in [0.1, 0.15) is 0 Å². The van der Waals surface area contributed by atoms with Crippen LogP contribution >= 0.6 is 0 Å². The van der Waals surface area contributed by atoms with E-state index in [2.05, 4.69) is 20.6 Å². The van der Waals surface area contributed by atoms with E-state index < -0.39 is 0 Å². The normalized spacial score (nSPS) is 20.4. The SMILES string of the molecule is COc1cnc(NCC2CNCCO2)nc1. The second kappa shape index (κ2) is 5.62. The molecule has 1 aromatic rings. The van der Waals surface area contributed by atoms with E-state index in [-0.39, 0.29) is 6.10 Å². The molecule has 0 aliphatic carbocycles. The molecule has 2 N–H and O–H groups in total. The molecule has 0 saturated carbocycles. The molecule has 0 spiro atoms. The molecule has 6 heteroatoms. The second-order valence-electron chi connectivity index (χ2n) is 3.52. The zero-order valence-electron chi connectivity index (χ0n) is 9.27. The smallest absolute Gasteiger partial charge is 0.222 e. The van der Waals surface area contributed by atoms with E-state index in [0.29, 0.717) is 18.2 Å². The van der Waals surface area contributed by atoms with Crippen LogP contribution in [0.3, 0.4) is 0 Å². The zero-order chi connectivity index (χ0) is 11.2. The van der Waals surface area contributed by atoms with Crippen LogP contribution in [0.2, 0.25) is 0 Å². The van der Waals surface area contributed by atoms with Gasteiger partial charge in [0.2, 0.25) is 5.95 Å². The van der Waals surface area contributed by atoms with Crippen LogP contribution < -0.4 is 15.4 Å². The standard InChI is InChI=1S/C10H16N4O2/c1-15-8-5-12-10(13-6-8)14-7-9-4-11-2-3-16-9/h5-6,9,11H,2-4,7H2,1H3,(H,12,13,14). The minimum atomic E-state index is 0.180. The van der Waals surface area contributed by atoms with E-state index in [1.54, 1.807) is 19.5 Å². The molecular formula is C10H16N4O2. The number of hydrogen-bond acceptors (Lipinski definition) is 6. The van der Waals surface area contributed by atoms with Crippen molar-refractivity contribution >= 4 is 5.95 Å². The molecule has 2 heterocycles. The summed E-state index contributed by atoms with van der Waals surface area (Å²) in [5, 5.41) is 6.39. The van der Waals surface area contributed by atoms with Gasteiger partial charge in [-0.3, -0.25) is 0 Å². The topological polar surface area (TPSA) is 68.3 Å². The Hall–Kier alpha value is -1.40. The molecule has 1 aliphatic heterocycles. The highest BCUT2D eigenvalue weighted by molar-refractivity contribution is 5.27. The molecule has 1 fully saturated rings. The number of rotatable bonds is 4. The summed E-state index contributed by atoms with van der Waals surface area (Å²) in [6.07, 6.45) is 3.45. The quantitative estimate of drug-likeness (QED) is 0.743. The fourth-order valence-corrected chi connectivity index (χ4v) is 1.47. The summed E-state index contributed by atoms with van der Waals surface area (Å²) in [6, 6.07) is 0. The zero-order valence-corrected chi connectivity index (χ0v) is 9.27. The third-order valence-corrected chi connectivity index (χ3v) is 2.36. The average molecular weight is 224 g/mol. The maximum Gasteiger partial charge on any atom is 0.222 e. The highest BCUT2D eigenvalue weighted by Crippen LogP contribution is 2.07. The Balaban J connectivity index is 1.79. The van der Waals surface area contributed by atoms with Crippen LogP contribution in [0.15, 0.2) is 12.4 Å². The van der Waals surface area contributed by atoms with Crippen molar-refractivity contribution in [1.29, 1.82) is 0 Å². The average Bonchev–Trinajstić information content (AvgIpc) is 2.38. The molecule has 1 aromatic heterocycles. The highest BCUT2D eigenvalue weighted by Gasteiger charge is 2.12. The minimum Gasteiger partial charge on any atom is -0.494 e. The highest BCUT2D eigenvalue weighted by atomic mass is 16.5. The van der Waals surface area contributed by atoms with Crippen LogP contribution in [0.25, 0.3) is 0 Å². The molecule has 1 unspecified atom stereocenters. The molecule has 1 atom stereocenters. The Morgan fingerprint density at radius 1 is 1.56 bits per heavy atom. The minimum absolute atomic E-state index is 0.180. The van der Waals surface area contributed by atoms with Crippen molar-refractivity contribution in [1.82, 2.24) is 15.3 Å². The van der Waals surface area contributed by atoms with E-state index >= 15 is 0 Å². The summed E-state index contributed by atoms with van der Waals surface area (Å²) < 4.78 is 10.5. The maximum atomic E-state index is 5.54. The van der Waals surface area contributed by atoms with Gasteiger partial charge in [0.15, 0.2) is 5.75 Å². The summed E-state index contributed by atoms with van der Waals surface area (Å²) in [7, 11) is 1.59. The maximum absolute atomic E-state index is 5.54. The predicted octanol–water partition coefficient (Wildman–Crippen LogP) is -0.114. The molecule has 88 valence electrons. The van der Waals surface area contributed by atoms with E-state index in [0.717, 1.165) is 19.7 Å². The van der Waals surface area contributed by atoms with Crippen molar-refractivity contribution < 1.29 is 9.47 Å². The van der Waals surface area contributed by atoms with Gasteiger partial charge in [-0.1, -0.05) is 0 Å².